The minimum absolute atomic E-state index is 0.0259. The van der Waals surface area contributed by atoms with Gasteiger partial charge in [0.05, 0.1) is 0 Å². The van der Waals surface area contributed by atoms with Crippen molar-refractivity contribution in [1.82, 2.24) is 5.32 Å². The van der Waals surface area contributed by atoms with Crippen LogP contribution in [0, 0.1) is 5.92 Å². The van der Waals surface area contributed by atoms with E-state index in [0.29, 0.717) is 25.8 Å². The van der Waals surface area contributed by atoms with Gasteiger partial charge in [-0.25, -0.2) is 0 Å². The Hall–Kier alpha value is -1.79. The number of hydrogen-bond acceptors (Lipinski definition) is 4. The summed E-state index contributed by atoms with van der Waals surface area (Å²) in [5, 5.41) is 7.96. The van der Waals surface area contributed by atoms with Gasteiger partial charge in [0.25, 0.3) is 0 Å². The number of amides is 2. The molecule has 3 rings (SSSR count). The van der Waals surface area contributed by atoms with Crippen LogP contribution in [0.1, 0.15) is 23.3 Å². The van der Waals surface area contributed by atoms with Crippen LogP contribution < -0.4 is 10.6 Å². The highest BCUT2D eigenvalue weighted by molar-refractivity contribution is 7.98. The van der Waals surface area contributed by atoms with Gasteiger partial charge in [-0.15, -0.1) is 11.3 Å². The molecule has 1 aliphatic rings. The molecule has 0 aliphatic carbocycles. The summed E-state index contributed by atoms with van der Waals surface area (Å²) < 4.78 is 0. The Morgan fingerprint density at radius 2 is 2.16 bits per heavy atom. The molecule has 0 bridgehead atoms. The molecule has 0 spiro atoms. The third-order valence-corrected chi connectivity index (χ3v) is 6.29. The van der Waals surface area contributed by atoms with Crippen molar-refractivity contribution in [3.8, 4) is 0 Å². The number of para-hydroxylation sites is 1. The molecule has 4 nitrogen and oxygen atoms in total. The third kappa shape index (κ3) is 5.34. The van der Waals surface area contributed by atoms with Crippen LogP contribution in [0.3, 0.4) is 0 Å². The number of carbonyl (C=O) groups is 2. The van der Waals surface area contributed by atoms with E-state index in [1.165, 1.54) is 4.88 Å². The number of anilines is 1. The van der Waals surface area contributed by atoms with E-state index in [2.05, 4.69) is 28.1 Å². The summed E-state index contributed by atoms with van der Waals surface area (Å²) >= 11 is 3.58. The van der Waals surface area contributed by atoms with E-state index in [-0.39, 0.29) is 17.7 Å². The summed E-state index contributed by atoms with van der Waals surface area (Å²) in [6.45, 7) is 0.675. The Labute approximate surface area is 156 Å². The zero-order valence-corrected chi connectivity index (χ0v) is 15.6. The molecule has 132 valence electrons. The van der Waals surface area contributed by atoms with Gasteiger partial charge in [-0.1, -0.05) is 24.3 Å². The average molecular weight is 375 g/mol. The predicted molar refractivity (Wildman–Crippen MR) is 105 cm³/mol. The van der Waals surface area contributed by atoms with Crippen molar-refractivity contribution in [1.29, 1.82) is 0 Å². The first kappa shape index (κ1) is 18.0. The molecule has 0 saturated heterocycles. The molecule has 1 aliphatic heterocycles. The van der Waals surface area contributed by atoms with Gasteiger partial charge < -0.3 is 10.6 Å². The van der Waals surface area contributed by atoms with Gasteiger partial charge >= 0.3 is 0 Å². The molecule has 0 fully saturated rings. The fourth-order valence-electron chi connectivity index (χ4n) is 2.87. The zero-order valence-electron chi connectivity index (χ0n) is 14.0. The maximum Gasteiger partial charge on any atom is 0.227 e. The summed E-state index contributed by atoms with van der Waals surface area (Å²) in [6.07, 6.45) is 1.70. The van der Waals surface area contributed by atoms with Crippen molar-refractivity contribution in [2.45, 2.75) is 25.0 Å². The van der Waals surface area contributed by atoms with Gasteiger partial charge in [-0.2, -0.15) is 11.8 Å². The first-order valence-electron chi connectivity index (χ1n) is 8.48. The smallest absolute Gasteiger partial charge is 0.227 e. The van der Waals surface area contributed by atoms with Crippen LogP contribution >= 0.6 is 23.1 Å². The van der Waals surface area contributed by atoms with Crippen LogP contribution in [-0.4, -0.2) is 24.1 Å². The molecule has 2 heterocycles. The Morgan fingerprint density at radius 3 is 3.00 bits per heavy atom. The first-order chi connectivity index (χ1) is 12.2. The monoisotopic (exact) mass is 374 g/mol. The molecule has 6 heteroatoms. The Kier molecular flexibility index (Phi) is 6.53. The quantitative estimate of drug-likeness (QED) is 0.693. The molecule has 2 N–H and O–H groups in total. The van der Waals surface area contributed by atoms with Gasteiger partial charge in [0.2, 0.25) is 11.8 Å². The highest BCUT2D eigenvalue weighted by atomic mass is 32.2. The maximum absolute atomic E-state index is 12.1. The molecular formula is C19H22N2O2S2. The fourth-order valence-corrected chi connectivity index (χ4v) is 4.57. The molecule has 0 radical (unpaired) electrons. The molecule has 1 aromatic carbocycles. The number of nitrogens with one attached hydrogen (secondary N) is 2. The largest absolute Gasteiger partial charge is 0.355 e. The van der Waals surface area contributed by atoms with Crippen LogP contribution in [0.2, 0.25) is 0 Å². The molecule has 25 heavy (non-hydrogen) atoms. The lowest BCUT2D eigenvalue weighted by Crippen LogP contribution is -2.32. The molecule has 0 saturated carbocycles. The number of benzene rings is 1. The average Bonchev–Trinajstić information content (AvgIpc) is 3.13. The molecule has 1 aromatic heterocycles. The second kappa shape index (κ2) is 9.06. The normalized spacial score (nSPS) is 16.2. The van der Waals surface area contributed by atoms with E-state index >= 15 is 0 Å². The number of rotatable bonds is 8. The first-order valence-corrected chi connectivity index (χ1v) is 10.5. The summed E-state index contributed by atoms with van der Waals surface area (Å²) in [5.74, 6) is 1.84. The van der Waals surface area contributed by atoms with Crippen LogP contribution in [0.25, 0.3) is 0 Å². The second-order valence-electron chi connectivity index (χ2n) is 6.07. The number of carbonyl (C=O) groups excluding carboxylic acids is 2. The van der Waals surface area contributed by atoms with Gasteiger partial charge in [0, 0.05) is 41.0 Å². The summed E-state index contributed by atoms with van der Waals surface area (Å²) in [7, 11) is 0. The Balaban J connectivity index is 1.33. The van der Waals surface area contributed by atoms with Gasteiger partial charge in [-0.05, 0) is 35.9 Å². The van der Waals surface area contributed by atoms with E-state index < -0.39 is 0 Å². The Morgan fingerprint density at radius 1 is 1.28 bits per heavy atom. The lowest BCUT2D eigenvalue weighted by atomic mass is 9.89. The van der Waals surface area contributed by atoms with E-state index in [0.717, 1.165) is 22.8 Å². The second-order valence-corrected chi connectivity index (χ2v) is 8.21. The van der Waals surface area contributed by atoms with Crippen LogP contribution in [-0.2, 0) is 21.8 Å². The van der Waals surface area contributed by atoms with Gasteiger partial charge in [-0.3, -0.25) is 9.59 Å². The maximum atomic E-state index is 12.1. The van der Waals surface area contributed by atoms with Crippen molar-refractivity contribution in [2.75, 3.05) is 17.6 Å². The van der Waals surface area contributed by atoms with Crippen molar-refractivity contribution >= 4 is 40.6 Å². The molecule has 2 aromatic rings. The summed E-state index contributed by atoms with van der Waals surface area (Å²) in [4.78, 5) is 25.5. The molecule has 2 amide bonds. The number of thiophene rings is 1. The van der Waals surface area contributed by atoms with E-state index in [1.807, 2.05) is 36.0 Å². The van der Waals surface area contributed by atoms with Crippen LogP contribution in [0.5, 0.6) is 0 Å². The zero-order chi connectivity index (χ0) is 17.5. The van der Waals surface area contributed by atoms with Crippen LogP contribution in [0.15, 0.2) is 41.8 Å². The Bertz CT molecular complexity index is 716. The molecule has 1 atom stereocenters. The standard InChI is InChI=1S/C19H22N2O2S2/c22-18(20-9-11-24-13-16-5-3-10-25-16)8-7-15-12-14-4-1-2-6-17(14)21-19(15)23/h1-6,10,15H,7-9,11-13H2,(H,20,22)(H,21,23). The third-order valence-electron chi connectivity index (χ3n) is 4.23. The van der Waals surface area contributed by atoms with Gasteiger partial charge in [0.15, 0.2) is 0 Å². The van der Waals surface area contributed by atoms with E-state index in [9.17, 15) is 9.59 Å². The topological polar surface area (TPSA) is 58.2 Å². The highest BCUT2D eigenvalue weighted by Crippen LogP contribution is 2.27. The van der Waals surface area contributed by atoms with Crippen molar-refractivity contribution < 1.29 is 9.59 Å². The lowest BCUT2D eigenvalue weighted by Gasteiger charge is -2.24. The number of fused-ring (bicyclic) bond motifs is 1. The predicted octanol–water partition coefficient (Wildman–Crippen LogP) is 3.69. The van der Waals surface area contributed by atoms with Gasteiger partial charge in [0.1, 0.15) is 0 Å². The van der Waals surface area contributed by atoms with Crippen LogP contribution in [0.4, 0.5) is 5.69 Å². The van der Waals surface area contributed by atoms with E-state index in [4.69, 9.17) is 0 Å². The van der Waals surface area contributed by atoms with Crippen molar-refractivity contribution in [3.05, 3.63) is 52.2 Å². The molecule has 1 unspecified atom stereocenters. The summed E-state index contributed by atoms with van der Waals surface area (Å²) in [5.41, 5.74) is 2.05. The highest BCUT2D eigenvalue weighted by Gasteiger charge is 2.26. The minimum atomic E-state index is -0.117. The number of hydrogen-bond donors (Lipinski definition) is 2. The van der Waals surface area contributed by atoms with E-state index in [1.54, 1.807) is 11.3 Å². The SMILES string of the molecule is O=C(CCC1Cc2ccccc2NC1=O)NCCSCc1cccs1. The lowest BCUT2D eigenvalue weighted by molar-refractivity contribution is -0.122. The van der Waals surface area contributed by atoms with Crippen molar-refractivity contribution in [3.63, 3.8) is 0 Å². The minimum Gasteiger partial charge on any atom is -0.355 e. The van der Waals surface area contributed by atoms with Crippen molar-refractivity contribution in [2.24, 2.45) is 5.92 Å². The molecular weight excluding hydrogens is 352 g/mol. The fraction of sp³-hybridized carbons (Fsp3) is 0.368. The summed E-state index contributed by atoms with van der Waals surface area (Å²) in [6, 6.07) is 12.0. The number of thioether (sulfide) groups is 1.